The molecule has 2 unspecified atom stereocenters. The summed E-state index contributed by atoms with van der Waals surface area (Å²) in [5, 5.41) is 0. The molecule has 0 rings (SSSR count). The molecule has 0 aromatic heterocycles. The van der Waals surface area contributed by atoms with Gasteiger partial charge in [0.05, 0.1) is 0 Å². The van der Waals surface area contributed by atoms with E-state index in [1.165, 1.54) is 257 Å². The minimum Gasteiger partial charge on any atom is -0.0654 e. The molecule has 0 aliphatic carbocycles. The average Bonchev–Trinajstić information content (AvgIpc) is 3.05. The highest BCUT2D eigenvalue weighted by Crippen LogP contribution is 2.22. The molecule has 0 amide bonds. The van der Waals surface area contributed by atoms with E-state index < -0.39 is 0 Å². The zero-order valence-corrected chi connectivity index (χ0v) is 33.4. The van der Waals surface area contributed by atoms with Gasteiger partial charge in [-0.05, 0) is 11.8 Å². The molecule has 0 aromatic carbocycles. The first-order valence-corrected chi connectivity index (χ1v) is 22.7. The second kappa shape index (κ2) is 41.2. The van der Waals surface area contributed by atoms with E-state index in [0.717, 1.165) is 11.8 Å². The number of rotatable bonds is 41. The van der Waals surface area contributed by atoms with Gasteiger partial charge in [-0.25, -0.2) is 0 Å². The lowest BCUT2D eigenvalue weighted by Gasteiger charge is -2.14. The molecule has 0 aliphatic rings. The van der Waals surface area contributed by atoms with E-state index in [1.807, 2.05) is 0 Å². The number of unbranched alkanes of at least 4 members (excludes halogenated alkanes) is 33. The molecular weight excluding hydrogens is 553 g/mol. The van der Waals surface area contributed by atoms with Crippen LogP contribution < -0.4 is 0 Å². The van der Waals surface area contributed by atoms with Gasteiger partial charge in [0.15, 0.2) is 0 Å². The highest BCUT2D eigenvalue weighted by atomic mass is 14.1. The highest BCUT2D eigenvalue weighted by molar-refractivity contribution is 4.60. The van der Waals surface area contributed by atoms with Crippen LogP contribution >= 0.6 is 0 Å². The first-order chi connectivity index (χ1) is 22.7. The number of hydrogen-bond acceptors (Lipinski definition) is 0. The van der Waals surface area contributed by atoms with E-state index in [0.29, 0.717) is 0 Å². The van der Waals surface area contributed by atoms with Gasteiger partial charge in [0.25, 0.3) is 0 Å². The summed E-state index contributed by atoms with van der Waals surface area (Å²) in [5.74, 6) is 1.91. The molecule has 0 bridgehead atoms. The predicted molar refractivity (Wildman–Crippen MR) is 214 cm³/mol. The van der Waals surface area contributed by atoms with Crippen LogP contribution in [0.15, 0.2) is 0 Å². The van der Waals surface area contributed by atoms with Crippen LogP contribution in [0.5, 0.6) is 0 Å². The van der Waals surface area contributed by atoms with E-state index in [4.69, 9.17) is 0 Å². The Morgan fingerprint density at radius 2 is 0.348 bits per heavy atom. The topological polar surface area (TPSA) is 0 Å². The van der Waals surface area contributed by atoms with Crippen molar-refractivity contribution in [3.63, 3.8) is 0 Å². The summed E-state index contributed by atoms with van der Waals surface area (Å²) in [6.07, 6.45) is 59.1. The van der Waals surface area contributed by atoms with Gasteiger partial charge in [0, 0.05) is 0 Å². The highest BCUT2D eigenvalue weighted by Gasteiger charge is 2.06. The molecule has 0 heterocycles. The maximum Gasteiger partial charge on any atom is -0.0443 e. The second-order valence-corrected chi connectivity index (χ2v) is 16.4. The van der Waals surface area contributed by atoms with Crippen molar-refractivity contribution in [2.75, 3.05) is 0 Å². The molecule has 0 aromatic rings. The van der Waals surface area contributed by atoms with Gasteiger partial charge in [-0.3, -0.25) is 0 Å². The molecule has 278 valence electrons. The summed E-state index contributed by atoms with van der Waals surface area (Å²) in [5.41, 5.74) is 0. The Kier molecular flexibility index (Phi) is 41.2. The Hall–Kier alpha value is 0. The van der Waals surface area contributed by atoms with Gasteiger partial charge in [0.2, 0.25) is 0 Å². The Morgan fingerprint density at radius 1 is 0.196 bits per heavy atom. The summed E-state index contributed by atoms with van der Waals surface area (Å²) < 4.78 is 0. The van der Waals surface area contributed by atoms with Gasteiger partial charge < -0.3 is 0 Å². The third-order valence-electron chi connectivity index (χ3n) is 11.2. The fraction of sp³-hybridized carbons (Fsp3) is 1.00. The second-order valence-electron chi connectivity index (χ2n) is 16.4. The molecule has 0 heteroatoms. The Balaban J connectivity index is 3.19. The largest absolute Gasteiger partial charge is 0.0654 e. The molecule has 46 heavy (non-hydrogen) atoms. The van der Waals surface area contributed by atoms with E-state index in [2.05, 4.69) is 27.7 Å². The molecule has 0 N–H and O–H groups in total. The fourth-order valence-corrected chi connectivity index (χ4v) is 7.72. The van der Waals surface area contributed by atoms with Crippen LogP contribution in [0.25, 0.3) is 0 Å². The van der Waals surface area contributed by atoms with Gasteiger partial charge in [-0.2, -0.15) is 0 Å². The van der Waals surface area contributed by atoms with Gasteiger partial charge in [0.1, 0.15) is 0 Å². The van der Waals surface area contributed by atoms with Crippen molar-refractivity contribution in [2.45, 2.75) is 285 Å². The minimum atomic E-state index is 0.953. The summed E-state index contributed by atoms with van der Waals surface area (Å²) >= 11 is 0. The monoisotopic (exact) mass is 647 g/mol. The summed E-state index contributed by atoms with van der Waals surface area (Å²) in [7, 11) is 0. The first-order valence-electron chi connectivity index (χ1n) is 22.7. The molecule has 0 spiro atoms. The van der Waals surface area contributed by atoms with Crippen molar-refractivity contribution in [1.29, 1.82) is 0 Å². The smallest absolute Gasteiger partial charge is 0.0443 e. The molecule has 0 aliphatic heterocycles. The van der Waals surface area contributed by atoms with Crippen LogP contribution in [0.2, 0.25) is 0 Å². The van der Waals surface area contributed by atoms with Gasteiger partial charge in [-0.1, -0.05) is 285 Å². The molecule has 0 radical (unpaired) electrons. The summed E-state index contributed by atoms with van der Waals surface area (Å²) in [6.45, 7) is 9.65. The maximum absolute atomic E-state index is 2.52. The zero-order valence-electron chi connectivity index (χ0n) is 33.4. The fourth-order valence-electron chi connectivity index (χ4n) is 7.72. The van der Waals surface area contributed by atoms with Crippen LogP contribution in [-0.4, -0.2) is 0 Å². The van der Waals surface area contributed by atoms with Crippen molar-refractivity contribution < 1.29 is 0 Å². The van der Waals surface area contributed by atoms with Crippen molar-refractivity contribution in [3.8, 4) is 0 Å². The van der Waals surface area contributed by atoms with E-state index in [-0.39, 0.29) is 0 Å². The first kappa shape index (κ1) is 46.0. The molecule has 0 saturated carbocycles. The van der Waals surface area contributed by atoms with Crippen molar-refractivity contribution >= 4 is 0 Å². The zero-order chi connectivity index (χ0) is 33.4. The lowest BCUT2D eigenvalue weighted by molar-refractivity contribution is 0.390. The number of hydrogen-bond donors (Lipinski definition) is 0. The Morgan fingerprint density at radius 3 is 0.543 bits per heavy atom. The summed E-state index contributed by atoms with van der Waals surface area (Å²) in [4.78, 5) is 0. The van der Waals surface area contributed by atoms with E-state index in [1.54, 1.807) is 0 Å². The van der Waals surface area contributed by atoms with E-state index in [9.17, 15) is 0 Å². The lowest BCUT2D eigenvalue weighted by atomic mass is 9.92. The third kappa shape index (κ3) is 40.2. The average molecular weight is 647 g/mol. The van der Waals surface area contributed by atoms with Crippen molar-refractivity contribution in [3.05, 3.63) is 0 Å². The normalized spacial score (nSPS) is 13.0. The molecule has 2 atom stereocenters. The Bertz CT molecular complexity index is 508. The third-order valence-corrected chi connectivity index (χ3v) is 11.2. The Labute approximate surface area is 295 Å². The standard InChI is InChI=1S/C46H94/c1-5-7-9-11-13-15-16-17-18-19-20-21-22-23-24-25-26-27-28-29-30-31-32-33-35-37-39-42-46(4)44-40-43-45(3)41-38-36-34-14-12-10-8-6-2/h45-46H,5-44H2,1-4H3. The van der Waals surface area contributed by atoms with Crippen LogP contribution in [0, 0.1) is 11.8 Å². The molecule has 0 fully saturated rings. The van der Waals surface area contributed by atoms with Gasteiger partial charge in [-0.15, -0.1) is 0 Å². The minimum absolute atomic E-state index is 0.953. The van der Waals surface area contributed by atoms with Crippen molar-refractivity contribution in [2.24, 2.45) is 11.8 Å². The van der Waals surface area contributed by atoms with Gasteiger partial charge >= 0.3 is 0 Å². The maximum atomic E-state index is 2.52. The molecule has 0 saturated heterocycles. The van der Waals surface area contributed by atoms with Crippen LogP contribution in [0.4, 0.5) is 0 Å². The summed E-state index contributed by atoms with van der Waals surface area (Å²) in [6, 6.07) is 0. The van der Waals surface area contributed by atoms with Crippen molar-refractivity contribution in [1.82, 2.24) is 0 Å². The van der Waals surface area contributed by atoms with E-state index >= 15 is 0 Å². The lowest BCUT2D eigenvalue weighted by Crippen LogP contribution is -1.99. The molecule has 0 nitrogen and oxygen atoms in total. The van der Waals surface area contributed by atoms with Crippen LogP contribution in [0.3, 0.4) is 0 Å². The molecular formula is C46H94. The predicted octanol–water partition coefficient (Wildman–Crippen LogP) is 17.9. The van der Waals surface area contributed by atoms with Crippen LogP contribution in [-0.2, 0) is 0 Å². The quantitative estimate of drug-likeness (QED) is 0.0580. The van der Waals surface area contributed by atoms with Crippen LogP contribution in [0.1, 0.15) is 285 Å². The SMILES string of the molecule is CCCCCCCCCCCCCCCCCCCCCCCCCCCCCC(C)CCCC(C)CCCCCCCCCC.